The van der Waals surface area contributed by atoms with E-state index in [4.69, 9.17) is 16.6 Å². The fraction of sp³-hybridized carbons (Fsp3) is 0.333. The molecular weight excluding hydrogens is 597 g/mol. The number of piperazine rings is 1. The number of aryl methyl sites for hydroxylation is 1. The number of benzene rings is 1. The van der Waals surface area contributed by atoms with Crippen LogP contribution in [-0.2, 0) is 9.59 Å². The average Bonchev–Trinajstić information content (AvgIpc) is 2.98. The molecule has 0 spiro atoms. The first-order valence-electron chi connectivity index (χ1n) is 14.7. The minimum atomic E-state index is -0.659. The number of aromatic nitrogens is 4. The quantitative estimate of drug-likeness (QED) is 0.274. The first kappa shape index (κ1) is 31.8. The highest BCUT2D eigenvalue weighted by atomic mass is 35.5. The number of rotatable bonds is 6. The van der Waals surface area contributed by atoms with Crippen LogP contribution in [0.5, 0.6) is 0 Å². The van der Waals surface area contributed by atoms with Crippen LogP contribution < -0.4 is 15.9 Å². The lowest BCUT2D eigenvalue weighted by molar-refractivity contribution is -0.128. The predicted octanol–water partition coefficient (Wildman–Crippen LogP) is 5.64. The van der Waals surface area contributed by atoms with E-state index in [1.54, 1.807) is 23.2 Å². The summed E-state index contributed by atoms with van der Waals surface area (Å²) in [4.78, 5) is 56.5. The Balaban J connectivity index is 1.85. The van der Waals surface area contributed by atoms with E-state index < -0.39 is 17.4 Å². The van der Waals surface area contributed by atoms with Crippen molar-refractivity contribution in [1.82, 2.24) is 24.4 Å². The number of hydrogen-bond donors (Lipinski definition) is 1. The fourth-order valence-electron chi connectivity index (χ4n) is 5.87. The number of halogens is 2. The van der Waals surface area contributed by atoms with E-state index in [9.17, 15) is 14.4 Å². The predicted molar refractivity (Wildman–Crippen MR) is 175 cm³/mol. The first-order valence-corrected chi connectivity index (χ1v) is 15.1. The number of amides is 2. The van der Waals surface area contributed by atoms with Crippen LogP contribution in [0.2, 0.25) is 5.02 Å². The Morgan fingerprint density at radius 3 is 2.56 bits per heavy atom. The summed E-state index contributed by atoms with van der Waals surface area (Å²) in [5.74, 6) is -0.972. The van der Waals surface area contributed by atoms with Gasteiger partial charge in [-0.2, -0.15) is 4.98 Å². The molecule has 45 heavy (non-hydrogen) atoms. The van der Waals surface area contributed by atoms with Crippen LogP contribution in [0.1, 0.15) is 51.8 Å². The Kier molecular flexibility index (Phi) is 8.75. The van der Waals surface area contributed by atoms with Crippen LogP contribution in [0.4, 0.5) is 15.9 Å². The van der Waals surface area contributed by atoms with Crippen LogP contribution >= 0.6 is 11.6 Å². The van der Waals surface area contributed by atoms with Crippen molar-refractivity contribution in [2.45, 2.75) is 59.5 Å². The number of carbonyl (C=O) groups excluding carboxylic acids is 2. The Morgan fingerprint density at radius 1 is 1.16 bits per heavy atom. The molecule has 0 aliphatic carbocycles. The number of fused-ring (bicyclic) bond motifs is 1. The maximum atomic E-state index is 15.0. The molecule has 4 heterocycles. The molecule has 0 unspecified atom stereocenters. The zero-order valence-corrected chi connectivity index (χ0v) is 26.8. The van der Waals surface area contributed by atoms with E-state index in [2.05, 4.69) is 21.9 Å². The van der Waals surface area contributed by atoms with E-state index in [0.717, 1.165) is 5.56 Å². The van der Waals surface area contributed by atoms with Crippen molar-refractivity contribution in [2.75, 3.05) is 23.3 Å². The molecule has 1 aliphatic rings. The monoisotopic (exact) mass is 631 g/mol. The molecule has 0 saturated carbocycles. The van der Waals surface area contributed by atoms with Gasteiger partial charge in [-0.15, -0.1) is 0 Å². The number of nitrogens with one attached hydrogen (secondary N) is 1. The van der Waals surface area contributed by atoms with Crippen molar-refractivity contribution in [2.24, 2.45) is 0 Å². The van der Waals surface area contributed by atoms with Gasteiger partial charge < -0.3 is 15.1 Å². The molecule has 0 bridgehead atoms. The Morgan fingerprint density at radius 2 is 1.89 bits per heavy atom. The molecule has 1 aromatic carbocycles. The molecule has 12 heteroatoms. The molecule has 1 saturated heterocycles. The second-order valence-corrected chi connectivity index (χ2v) is 12.1. The standard InChI is InChI=1S/C33H35ClFN7O3/c1-8-26(44)40-15-20(6)41(16-19(40)5)31-23-14-24(34)28(22-10-9-11-25(35)29(22)37-21(7)43)38-32(23)42(33(45)39-31)30-18(4)12-13-36-27(30)17(2)3/h8-14,17,19-20H,1,15-16H2,2-7H3,(H,37,43)/t19-,20+/m1/s1. The van der Waals surface area contributed by atoms with Crippen molar-refractivity contribution < 1.29 is 14.0 Å². The highest BCUT2D eigenvalue weighted by molar-refractivity contribution is 6.34. The highest BCUT2D eigenvalue weighted by Gasteiger charge is 2.34. The molecule has 1 aliphatic heterocycles. The van der Waals surface area contributed by atoms with Gasteiger partial charge in [0.05, 0.1) is 33.2 Å². The van der Waals surface area contributed by atoms with Crippen molar-refractivity contribution >= 4 is 46.0 Å². The van der Waals surface area contributed by atoms with Gasteiger partial charge in [0.25, 0.3) is 0 Å². The van der Waals surface area contributed by atoms with Gasteiger partial charge in [-0.1, -0.05) is 44.2 Å². The number of anilines is 2. The lowest BCUT2D eigenvalue weighted by atomic mass is 10.0. The Hall–Kier alpha value is -4.64. The second-order valence-electron chi connectivity index (χ2n) is 11.6. The Labute approximate surface area is 265 Å². The largest absolute Gasteiger partial charge is 0.355 e. The third-order valence-corrected chi connectivity index (χ3v) is 8.30. The van der Waals surface area contributed by atoms with Crippen LogP contribution in [0, 0.1) is 12.7 Å². The summed E-state index contributed by atoms with van der Waals surface area (Å²) in [5, 5.41) is 3.20. The lowest BCUT2D eigenvalue weighted by Gasteiger charge is -2.44. The Bertz CT molecular complexity index is 1910. The number of nitrogens with zero attached hydrogens (tertiary/aromatic N) is 6. The summed E-state index contributed by atoms with van der Waals surface area (Å²) in [6.45, 7) is 15.4. The number of carbonyl (C=O) groups is 2. The topological polar surface area (TPSA) is 113 Å². The molecule has 5 rings (SSSR count). The van der Waals surface area contributed by atoms with Gasteiger partial charge >= 0.3 is 5.69 Å². The number of hydrogen-bond acceptors (Lipinski definition) is 7. The second kappa shape index (κ2) is 12.4. The van der Waals surface area contributed by atoms with Gasteiger partial charge in [0.15, 0.2) is 5.65 Å². The zero-order chi connectivity index (χ0) is 32.7. The molecule has 4 aromatic rings. The molecule has 2 amide bonds. The van der Waals surface area contributed by atoms with Gasteiger partial charge in [-0.3, -0.25) is 14.6 Å². The molecule has 1 N–H and O–H groups in total. The first-order chi connectivity index (χ1) is 21.3. The SMILES string of the molecule is C=CC(=O)N1C[C@H](C)N(c2nc(=O)n(-c3c(C)ccnc3C(C)C)c3nc(-c4cccc(F)c4NC(C)=O)c(Cl)cc23)C[C@H]1C. The summed E-state index contributed by atoms with van der Waals surface area (Å²) in [6, 6.07) is 7.40. The molecule has 2 atom stereocenters. The van der Waals surface area contributed by atoms with Crippen LogP contribution in [0.15, 0.2) is 54.0 Å². The summed E-state index contributed by atoms with van der Waals surface area (Å²) in [7, 11) is 0. The molecule has 10 nitrogen and oxygen atoms in total. The minimum absolute atomic E-state index is 0.0424. The smallest absolute Gasteiger partial charge is 0.349 e. The summed E-state index contributed by atoms with van der Waals surface area (Å²) in [5.41, 5.74) is 2.02. The summed E-state index contributed by atoms with van der Waals surface area (Å²) in [6.07, 6.45) is 2.99. The maximum Gasteiger partial charge on any atom is 0.355 e. The van der Waals surface area contributed by atoms with Gasteiger partial charge in [-0.05, 0) is 56.5 Å². The lowest BCUT2D eigenvalue weighted by Crippen LogP contribution is -2.58. The normalized spacial score (nSPS) is 16.7. The molecular formula is C33H35ClFN7O3. The van der Waals surface area contributed by atoms with E-state index in [1.165, 1.54) is 29.7 Å². The van der Waals surface area contributed by atoms with Crippen molar-refractivity contribution in [3.63, 3.8) is 0 Å². The molecule has 234 valence electrons. The summed E-state index contributed by atoms with van der Waals surface area (Å²) < 4.78 is 16.5. The van der Waals surface area contributed by atoms with Crippen molar-refractivity contribution in [1.29, 1.82) is 0 Å². The van der Waals surface area contributed by atoms with Crippen LogP contribution in [-0.4, -0.2) is 61.4 Å². The van der Waals surface area contributed by atoms with Gasteiger partial charge in [-0.25, -0.2) is 18.7 Å². The zero-order valence-electron chi connectivity index (χ0n) is 26.1. The molecule has 0 radical (unpaired) electrons. The van der Waals surface area contributed by atoms with E-state index in [1.807, 2.05) is 45.6 Å². The third-order valence-electron chi connectivity index (χ3n) is 8.01. The van der Waals surface area contributed by atoms with Gasteiger partial charge in [0, 0.05) is 43.9 Å². The highest BCUT2D eigenvalue weighted by Crippen LogP contribution is 2.38. The van der Waals surface area contributed by atoms with Gasteiger partial charge in [0.2, 0.25) is 11.8 Å². The van der Waals surface area contributed by atoms with Crippen molar-refractivity contribution in [3.05, 3.63) is 81.8 Å². The number of para-hydroxylation sites is 1. The minimum Gasteiger partial charge on any atom is -0.349 e. The van der Waals surface area contributed by atoms with Gasteiger partial charge in [0.1, 0.15) is 11.6 Å². The maximum absolute atomic E-state index is 15.0. The van der Waals surface area contributed by atoms with E-state index in [-0.39, 0.29) is 51.5 Å². The summed E-state index contributed by atoms with van der Waals surface area (Å²) >= 11 is 6.90. The van der Waals surface area contributed by atoms with E-state index >= 15 is 4.39 Å². The van der Waals surface area contributed by atoms with E-state index in [0.29, 0.717) is 35.7 Å². The average molecular weight is 632 g/mol. The fourth-order valence-corrected chi connectivity index (χ4v) is 6.12. The van der Waals surface area contributed by atoms with Crippen LogP contribution in [0.25, 0.3) is 28.0 Å². The molecule has 1 fully saturated rings. The van der Waals surface area contributed by atoms with Crippen molar-refractivity contribution in [3.8, 4) is 16.9 Å². The molecule has 3 aromatic heterocycles. The number of pyridine rings is 2. The van der Waals surface area contributed by atoms with Crippen LogP contribution in [0.3, 0.4) is 0 Å². The third kappa shape index (κ3) is 5.80.